The van der Waals surface area contributed by atoms with E-state index >= 15 is 0 Å². The van der Waals surface area contributed by atoms with Crippen molar-refractivity contribution < 1.29 is 4.74 Å². The maximum Gasteiger partial charge on any atom is 0.123 e. The smallest absolute Gasteiger partial charge is 0.123 e. The zero-order valence-electron chi connectivity index (χ0n) is 10.9. The molecule has 1 aromatic rings. The third kappa shape index (κ3) is 3.22. The quantitative estimate of drug-likeness (QED) is 0.840. The molecule has 1 N–H and O–H groups in total. The number of nitrogens with one attached hydrogen (secondary N) is 1. The summed E-state index contributed by atoms with van der Waals surface area (Å²) in [7, 11) is 1.74. The minimum atomic E-state index is 0.367. The van der Waals surface area contributed by atoms with Crippen LogP contribution < -0.4 is 10.1 Å². The van der Waals surface area contributed by atoms with Crippen LogP contribution in [0.25, 0.3) is 0 Å². The summed E-state index contributed by atoms with van der Waals surface area (Å²) in [4.78, 5) is 0. The molecular weight excluding hydrogens is 210 g/mol. The second kappa shape index (κ2) is 6.06. The highest BCUT2D eigenvalue weighted by Crippen LogP contribution is 2.27. The molecule has 2 rings (SSSR count). The van der Waals surface area contributed by atoms with Crippen molar-refractivity contribution in [3.63, 3.8) is 0 Å². The predicted octanol–water partition coefficient (Wildman–Crippen LogP) is 3.54. The highest BCUT2D eigenvalue weighted by molar-refractivity contribution is 5.35. The fraction of sp³-hybridized carbons (Fsp3) is 0.600. The molecule has 0 amide bonds. The van der Waals surface area contributed by atoms with E-state index in [-0.39, 0.29) is 0 Å². The standard InChI is InChI=1S/C15H23NO/c1-12(16-11-13-7-3-4-8-13)14-9-5-6-10-15(14)17-2/h5-6,9-10,12-13,16H,3-4,7-8,11H2,1-2H3. The van der Waals surface area contributed by atoms with E-state index in [1.165, 1.54) is 31.2 Å². The average molecular weight is 233 g/mol. The van der Waals surface area contributed by atoms with Crippen molar-refractivity contribution in [3.05, 3.63) is 29.8 Å². The Morgan fingerprint density at radius 2 is 2.00 bits per heavy atom. The van der Waals surface area contributed by atoms with Gasteiger partial charge in [0.25, 0.3) is 0 Å². The van der Waals surface area contributed by atoms with Gasteiger partial charge >= 0.3 is 0 Å². The Kier molecular flexibility index (Phi) is 4.43. The predicted molar refractivity (Wildman–Crippen MR) is 71.4 cm³/mol. The van der Waals surface area contributed by atoms with Gasteiger partial charge in [0.15, 0.2) is 0 Å². The molecule has 0 spiro atoms. The van der Waals surface area contributed by atoms with Crippen LogP contribution >= 0.6 is 0 Å². The zero-order chi connectivity index (χ0) is 12.1. The maximum absolute atomic E-state index is 5.40. The molecule has 2 heteroatoms. The molecule has 0 bridgehead atoms. The van der Waals surface area contributed by atoms with Crippen LogP contribution in [0.4, 0.5) is 0 Å². The van der Waals surface area contributed by atoms with Crippen LogP contribution in [0.1, 0.15) is 44.2 Å². The number of benzene rings is 1. The first kappa shape index (κ1) is 12.4. The summed E-state index contributed by atoms with van der Waals surface area (Å²) in [5, 5.41) is 3.64. The summed E-state index contributed by atoms with van der Waals surface area (Å²) in [6, 6.07) is 8.64. The number of ether oxygens (including phenoxy) is 1. The number of rotatable bonds is 5. The molecule has 1 atom stereocenters. The number of methoxy groups -OCH3 is 1. The Morgan fingerprint density at radius 1 is 1.29 bits per heavy atom. The van der Waals surface area contributed by atoms with E-state index in [0.29, 0.717) is 6.04 Å². The van der Waals surface area contributed by atoms with Crippen molar-refractivity contribution in [1.82, 2.24) is 5.32 Å². The molecule has 1 saturated carbocycles. The normalized spacial score (nSPS) is 18.2. The average Bonchev–Trinajstić information content (AvgIpc) is 2.89. The van der Waals surface area contributed by atoms with Crippen molar-refractivity contribution >= 4 is 0 Å². The van der Waals surface area contributed by atoms with E-state index in [2.05, 4.69) is 24.4 Å². The molecule has 1 unspecified atom stereocenters. The van der Waals surface area contributed by atoms with Crippen molar-refractivity contribution in [2.45, 2.75) is 38.6 Å². The molecule has 0 radical (unpaired) electrons. The Balaban J connectivity index is 1.91. The molecule has 1 aromatic carbocycles. The van der Waals surface area contributed by atoms with Gasteiger partial charge in [0.1, 0.15) is 5.75 Å². The molecule has 2 nitrogen and oxygen atoms in total. The lowest BCUT2D eigenvalue weighted by Crippen LogP contribution is -2.24. The Labute approximate surface area is 104 Å². The van der Waals surface area contributed by atoms with Crippen LogP contribution in [0.3, 0.4) is 0 Å². The number of para-hydroxylation sites is 1. The van der Waals surface area contributed by atoms with E-state index in [1.54, 1.807) is 7.11 Å². The van der Waals surface area contributed by atoms with E-state index < -0.39 is 0 Å². The molecule has 0 heterocycles. The first-order valence-electron chi connectivity index (χ1n) is 6.67. The first-order chi connectivity index (χ1) is 8.31. The van der Waals surface area contributed by atoms with E-state index in [0.717, 1.165) is 18.2 Å². The summed E-state index contributed by atoms with van der Waals surface area (Å²) >= 11 is 0. The van der Waals surface area contributed by atoms with Crippen LogP contribution in [-0.4, -0.2) is 13.7 Å². The Morgan fingerprint density at radius 3 is 2.71 bits per heavy atom. The van der Waals surface area contributed by atoms with Crippen LogP contribution in [-0.2, 0) is 0 Å². The van der Waals surface area contributed by atoms with Crippen LogP contribution in [0, 0.1) is 5.92 Å². The van der Waals surface area contributed by atoms with Gasteiger partial charge in [-0.25, -0.2) is 0 Å². The molecule has 1 aliphatic carbocycles. The maximum atomic E-state index is 5.40. The number of hydrogen-bond acceptors (Lipinski definition) is 2. The lowest BCUT2D eigenvalue weighted by atomic mass is 10.0. The van der Waals surface area contributed by atoms with Crippen LogP contribution in [0.5, 0.6) is 5.75 Å². The zero-order valence-corrected chi connectivity index (χ0v) is 10.9. The highest BCUT2D eigenvalue weighted by Gasteiger charge is 2.17. The van der Waals surface area contributed by atoms with Gasteiger partial charge in [-0.3, -0.25) is 0 Å². The summed E-state index contributed by atoms with van der Waals surface area (Å²) < 4.78 is 5.40. The summed E-state index contributed by atoms with van der Waals surface area (Å²) in [6.45, 7) is 3.35. The lowest BCUT2D eigenvalue weighted by molar-refractivity contribution is 0.395. The van der Waals surface area contributed by atoms with Crippen LogP contribution in [0.15, 0.2) is 24.3 Å². The molecule has 1 aliphatic rings. The van der Waals surface area contributed by atoms with Gasteiger partial charge in [-0.15, -0.1) is 0 Å². The second-order valence-electron chi connectivity index (χ2n) is 5.02. The SMILES string of the molecule is COc1ccccc1C(C)NCC1CCCC1. The summed E-state index contributed by atoms with van der Waals surface area (Å²) in [5.41, 5.74) is 1.26. The van der Waals surface area contributed by atoms with Crippen molar-refractivity contribution in [2.75, 3.05) is 13.7 Å². The first-order valence-corrected chi connectivity index (χ1v) is 6.67. The van der Waals surface area contributed by atoms with Gasteiger partial charge in [-0.05, 0) is 38.3 Å². The number of hydrogen-bond donors (Lipinski definition) is 1. The van der Waals surface area contributed by atoms with E-state index in [1.807, 2.05) is 12.1 Å². The fourth-order valence-electron chi connectivity index (χ4n) is 2.69. The van der Waals surface area contributed by atoms with Crippen LogP contribution in [0.2, 0.25) is 0 Å². The minimum absolute atomic E-state index is 0.367. The van der Waals surface area contributed by atoms with Crippen molar-refractivity contribution in [2.24, 2.45) is 5.92 Å². The van der Waals surface area contributed by atoms with Crippen molar-refractivity contribution in [1.29, 1.82) is 0 Å². The van der Waals surface area contributed by atoms with Gasteiger partial charge in [0.05, 0.1) is 7.11 Å². The van der Waals surface area contributed by atoms with Gasteiger partial charge in [0.2, 0.25) is 0 Å². The molecule has 94 valence electrons. The van der Waals surface area contributed by atoms with Gasteiger partial charge in [-0.2, -0.15) is 0 Å². The van der Waals surface area contributed by atoms with E-state index in [4.69, 9.17) is 4.74 Å². The van der Waals surface area contributed by atoms with Gasteiger partial charge in [-0.1, -0.05) is 31.0 Å². The van der Waals surface area contributed by atoms with Gasteiger partial charge in [0, 0.05) is 11.6 Å². The monoisotopic (exact) mass is 233 g/mol. The molecular formula is C15H23NO. The third-order valence-electron chi connectivity index (χ3n) is 3.79. The fourth-order valence-corrected chi connectivity index (χ4v) is 2.69. The molecule has 1 fully saturated rings. The van der Waals surface area contributed by atoms with Crippen molar-refractivity contribution in [3.8, 4) is 5.75 Å². The second-order valence-corrected chi connectivity index (χ2v) is 5.02. The molecule has 17 heavy (non-hydrogen) atoms. The molecule has 0 aromatic heterocycles. The Hall–Kier alpha value is -1.02. The lowest BCUT2D eigenvalue weighted by Gasteiger charge is -2.19. The summed E-state index contributed by atoms with van der Waals surface area (Å²) in [6.07, 6.45) is 5.61. The van der Waals surface area contributed by atoms with E-state index in [9.17, 15) is 0 Å². The minimum Gasteiger partial charge on any atom is -0.496 e. The molecule has 0 saturated heterocycles. The highest BCUT2D eigenvalue weighted by atomic mass is 16.5. The topological polar surface area (TPSA) is 21.3 Å². The van der Waals surface area contributed by atoms with Gasteiger partial charge < -0.3 is 10.1 Å². The third-order valence-corrected chi connectivity index (χ3v) is 3.79. The largest absolute Gasteiger partial charge is 0.496 e. The Bertz CT molecular complexity index is 345. The molecule has 0 aliphatic heterocycles. The summed E-state index contributed by atoms with van der Waals surface area (Å²) in [5.74, 6) is 1.87.